The third-order valence-corrected chi connectivity index (χ3v) is 1.91. The highest BCUT2D eigenvalue weighted by atomic mass is 31.3. The van der Waals surface area contributed by atoms with Crippen molar-refractivity contribution in [2.24, 2.45) is 34.4 Å². The van der Waals surface area contributed by atoms with Crippen LogP contribution in [-0.4, -0.2) is 58.0 Å². The summed E-state index contributed by atoms with van der Waals surface area (Å²) in [5.41, 5.74) is 25.0. The second kappa shape index (κ2) is 43.5. The molecule has 0 aromatic rings. The predicted octanol–water partition coefficient (Wildman–Crippen LogP) is -6.20. The Morgan fingerprint density at radius 3 is 0.556 bits per heavy atom. The van der Waals surface area contributed by atoms with Gasteiger partial charge in [-0.05, 0) is 0 Å². The van der Waals surface area contributed by atoms with Crippen molar-refractivity contribution in [2.45, 2.75) is 0 Å². The van der Waals surface area contributed by atoms with Crippen LogP contribution < -0.4 is 34.4 Å². The SMILES string of the molecule is NC=O.NC=O.NC=O.NC=O.NC=O.NC=O.O=P(O)(O)OP(=O)(O)O. The van der Waals surface area contributed by atoms with Gasteiger partial charge < -0.3 is 54.0 Å². The van der Waals surface area contributed by atoms with Crippen molar-refractivity contribution >= 4 is 54.1 Å². The van der Waals surface area contributed by atoms with Crippen molar-refractivity contribution in [2.75, 3.05) is 0 Å². The first kappa shape index (κ1) is 44.0. The number of rotatable bonds is 2. The van der Waals surface area contributed by atoms with Gasteiger partial charge in [0.25, 0.3) is 0 Å². The Morgan fingerprint density at radius 2 is 0.556 bits per heavy atom. The molecule has 27 heavy (non-hydrogen) atoms. The van der Waals surface area contributed by atoms with Crippen LogP contribution in [-0.2, 0) is 42.2 Å². The molecular weight excluding hydrogens is 426 g/mol. The number of phosphoric acid groups is 2. The molecule has 0 bridgehead atoms. The van der Waals surface area contributed by atoms with E-state index >= 15 is 0 Å². The van der Waals surface area contributed by atoms with Crippen molar-refractivity contribution < 1.29 is 61.8 Å². The van der Waals surface area contributed by atoms with E-state index in [0.717, 1.165) is 0 Å². The second-order valence-electron chi connectivity index (χ2n) is 1.88. The molecule has 0 aliphatic carbocycles. The van der Waals surface area contributed by atoms with Crippen LogP contribution in [0, 0.1) is 0 Å². The second-order valence-corrected chi connectivity index (χ2v) is 4.49. The van der Waals surface area contributed by atoms with Crippen molar-refractivity contribution in [3.8, 4) is 0 Å². The first-order valence-corrected chi connectivity index (χ1v) is 8.01. The van der Waals surface area contributed by atoms with Gasteiger partial charge in [0, 0.05) is 0 Å². The van der Waals surface area contributed by atoms with E-state index in [1.165, 1.54) is 0 Å². The molecule has 0 aliphatic heterocycles. The summed E-state index contributed by atoms with van der Waals surface area (Å²) in [6.45, 7) is 0. The zero-order valence-corrected chi connectivity index (χ0v) is 15.1. The van der Waals surface area contributed by atoms with Crippen molar-refractivity contribution in [1.29, 1.82) is 0 Å². The van der Waals surface area contributed by atoms with E-state index < -0.39 is 15.6 Å². The van der Waals surface area contributed by atoms with Crippen LogP contribution in [0.5, 0.6) is 0 Å². The van der Waals surface area contributed by atoms with E-state index in [1.807, 2.05) is 0 Å². The average Bonchev–Trinajstić information content (AvgIpc) is 2.39. The van der Waals surface area contributed by atoms with Crippen LogP contribution in [0.3, 0.4) is 0 Å². The normalized spacial score (nSPS) is 7.26. The van der Waals surface area contributed by atoms with E-state index in [-0.39, 0.29) is 38.5 Å². The Morgan fingerprint density at radius 1 is 0.481 bits per heavy atom. The Labute approximate surface area is 151 Å². The van der Waals surface area contributed by atoms with Crippen LogP contribution in [0.1, 0.15) is 0 Å². The molecule has 21 heteroatoms. The summed E-state index contributed by atoms with van der Waals surface area (Å²) < 4.78 is 22.2. The fourth-order valence-corrected chi connectivity index (χ4v) is 1.25. The number of primary amides is 6. The highest BCUT2D eigenvalue weighted by Crippen LogP contribution is 2.53. The summed E-state index contributed by atoms with van der Waals surface area (Å²) in [6.07, 6.45) is 1.50. The van der Waals surface area contributed by atoms with Gasteiger partial charge in [0.05, 0.1) is 0 Å². The van der Waals surface area contributed by atoms with Gasteiger partial charge in [-0.2, -0.15) is 4.31 Å². The van der Waals surface area contributed by atoms with Crippen LogP contribution >= 0.6 is 15.6 Å². The molecule has 0 saturated carbocycles. The number of hydrogen-bond donors (Lipinski definition) is 10. The molecule has 0 heterocycles. The lowest BCUT2D eigenvalue weighted by atomic mass is 11.5. The van der Waals surface area contributed by atoms with Crippen molar-refractivity contribution in [3.05, 3.63) is 0 Å². The van der Waals surface area contributed by atoms with Gasteiger partial charge in [0.15, 0.2) is 0 Å². The first-order chi connectivity index (χ1) is 12.2. The monoisotopic (exact) mass is 448 g/mol. The van der Waals surface area contributed by atoms with Crippen molar-refractivity contribution in [3.63, 3.8) is 0 Å². The van der Waals surface area contributed by atoms with Gasteiger partial charge in [0.2, 0.25) is 38.5 Å². The fraction of sp³-hybridized carbons (Fsp3) is 0. The van der Waals surface area contributed by atoms with Crippen molar-refractivity contribution in [1.82, 2.24) is 0 Å². The summed E-state index contributed by atoms with van der Waals surface area (Å²) in [7, 11) is -10.1. The van der Waals surface area contributed by atoms with Gasteiger partial charge in [-0.1, -0.05) is 0 Å². The molecule has 0 aromatic heterocycles. The molecule has 0 saturated heterocycles. The molecule has 164 valence electrons. The molecule has 19 nitrogen and oxygen atoms in total. The molecule has 0 aromatic carbocycles. The minimum atomic E-state index is -5.05. The highest BCUT2D eigenvalue weighted by Gasteiger charge is 2.27. The van der Waals surface area contributed by atoms with Crippen LogP contribution in [0.2, 0.25) is 0 Å². The first-order valence-electron chi connectivity index (χ1n) is 4.94. The highest BCUT2D eigenvalue weighted by molar-refractivity contribution is 7.60. The molecule has 0 fully saturated rings. The topological polar surface area (TPSA) is 383 Å². The lowest BCUT2D eigenvalue weighted by Crippen LogP contribution is -1.84. The molecule has 0 rings (SSSR count). The summed E-state index contributed by atoms with van der Waals surface area (Å²) in [5, 5.41) is 0. The molecule has 0 spiro atoms. The molecule has 0 radical (unpaired) electrons. The summed E-state index contributed by atoms with van der Waals surface area (Å²) in [5.74, 6) is 0. The van der Waals surface area contributed by atoms with E-state index in [4.69, 9.17) is 48.3 Å². The van der Waals surface area contributed by atoms with Crippen LogP contribution in [0.4, 0.5) is 0 Å². The van der Waals surface area contributed by atoms with Crippen LogP contribution in [0.15, 0.2) is 0 Å². The van der Waals surface area contributed by atoms with Gasteiger partial charge in [-0.3, -0.25) is 28.8 Å². The lowest BCUT2D eigenvalue weighted by molar-refractivity contribution is -0.107. The van der Waals surface area contributed by atoms with Crippen LogP contribution in [0.25, 0.3) is 0 Å². The molecular formula is C6H22N6O13P2. The molecule has 16 N–H and O–H groups in total. The van der Waals surface area contributed by atoms with Gasteiger partial charge in [-0.15, -0.1) is 0 Å². The predicted molar refractivity (Wildman–Crippen MR) is 86.7 cm³/mol. The molecule has 6 amide bonds. The summed E-state index contributed by atoms with van der Waals surface area (Å²) in [4.78, 5) is 82.5. The van der Waals surface area contributed by atoms with Gasteiger partial charge >= 0.3 is 15.6 Å². The Bertz CT molecular complexity index is 357. The Hall–Kier alpha value is -2.92. The van der Waals surface area contributed by atoms with E-state index in [9.17, 15) is 9.13 Å². The Kier molecular flexibility index (Phi) is 70.9. The number of nitrogens with two attached hydrogens (primary N) is 6. The number of carbonyl (C=O) groups is 6. The summed E-state index contributed by atoms with van der Waals surface area (Å²) in [6, 6.07) is 0. The minimum absolute atomic E-state index is 0.250. The molecule has 0 unspecified atom stereocenters. The lowest BCUT2D eigenvalue weighted by Gasteiger charge is -2.03. The quantitative estimate of drug-likeness (QED) is 0.139. The smallest absolute Gasteiger partial charge is 0.372 e. The van der Waals surface area contributed by atoms with Gasteiger partial charge in [-0.25, -0.2) is 9.13 Å². The minimum Gasteiger partial charge on any atom is -0.372 e. The Balaban J connectivity index is -0.0000000378. The maximum atomic E-state index is 9.63. The maximum absolute atomic E-state index is 9.63. The van der Waals surface area contributed by atoms with E-state index in [0.29, 0.717) is 0 Å². The summed E-state index contributed by atoms with van der Waals surface area (Å²) >= 11 is 0. The maximum Gasteiger partial charge on any atom is 0.478 e. The van der Waals surface area contributed by atoms with E-state index in [2.05, 4.69) is 38.7 Å². The third-order valence-electron chi connectivity index (χ3n) is 0.213. The zero-order chi connectivity index (χ0) is 23.9. The standard InChI is InChI=1S/6CH3NO.H4O7P2/c6*2-1-3;1-8(2,3)7-9(4,5)6/h6*1H,(H2,2,3);(H2,1,2,3)(H2,4,5,6). The zero-order valence-electron chi connectivity index (χ0n) is 13.3. The molecule has 0 aliphatic rings. The number of amides is 6. The van der Waals surface area contributed by atoms with E-state index in [1.54, 1.807) is 0 Å². The average molecular weight is 448 g/mol. The largest absolute Gasteiger partial charge is 0.478 e. The number of hydrogen-bond acceptors (Lipinski definition) is 9. The number of carbonyl (C=O) groups excluding carboxylic acids is 6. The molecule has 0 atom stereocenters. The fourth-order valence-electron chi connectivity index (χ4n) is 0.139. The third kappa shape index (κ3) is 1080. The van der Waals surface area contributed by atoms with Gasteiger partial charge in [0.1, 0.15) is 0 Å².